The van der Waals surface area contributed by atoms with Crippen LogP contribution in [-0.2, 0) is 9.53 Å². The molecule has 1 heterocycles. The first-order valence-corrected chi connectivity index (χ1v) is 6.36. The Morgan fingerprint density at radius 3 is 2.18 bits per heavy atom. The van der Waals surface area contributed by atoms with Crippen LogP contribution in [0.1, 0.15) is 13.8 Å². The zero-order chi connectivity index (χ0) is 12.8. The molecule has 0 aromatic carbocycles. The number of carbonyl (C=O) groups excluding carboxylic acids is 2. The van der Waals surface area contributed by atoms with E-state index in [0.29, 0.717) is 32.1 Å². The average molecular weight is 263 g/mol. The largest absolute Gasteiger partial charge is 0.448 e. The number of rotatable bonds is 3. The van der Waals surface area contributed by atoms with E-state index in [1.165, 1.54) is 0 Å². The van der Waals surface area contributed by atoms with Gasteiger partial charge in [0, 0.05) is 32.1 Å². The van der Waals surface area contributed by atoms with Crippen molar-refractivity contribution < 1.29 is 14.3 Å². The number of amides is 2. The summed E-state index contributed by atoms with van der Waals surface area (Å²) in [6.45, 7) is 6.19. The van der Waals surface area contributed by atoms with E-state index >= 15 is 0 Å². The molecule has 6 heteroatoms. The van der Waals surface area contributed by atoms with Crippen LogP contribution in [0, 0.1) is 5.92 Å². The molecule has 1 rings (SSSR count). The smallest absolute Gasteiger partial charge is 0.409 e. The molecule has 1 fully saturated rings. The highest BCUT2D eigenvalue weighted by Gasteiger charge is 2.25. The lowest BCUT2D eigenvalue weighted by Crippen LogP contribution is -2.51. The van der Waals surface area contributed by atoms with Gasteiger partial charge in [-0.25, -0.2) is 4.79 Å². The van der Waals surface area contributed by atoms with E-state index in [4.69, 9.17) is 16.3 Å². The first-order valence-electron chi connectivity index (χ1n) is 5.82. The lowest BCUT2D eigenvalue weighted by atomic mass is 10.1. The molecule has 1 aliphatic rings. The molecule has 0 aliphatic carbocycles. The van der Waals surface area contributed by atoms with Crippen molar-refractivity contribution in [3.63, 3.8) is 0 Å². The highest BCUT2D eigenvalue weighted by Crippen LogP contribution is 2.08. The van der Waals surface area contributed by atoms with Crippen LogP contribution in [0.3, 0.4) is 0 Å². The van der Waals surface area contributed by atoms with Crippen molar-refractivity contribution in [1.29, 1.82) is 0 Å². The summed E-state index contributed by atoms with van der Waals surface area (Å²) in [6, 6.07) is 0. The molecule has 98 valence electrons. The second kappa shape index (κ2) is 6.69. The summed E-state index contributed by atoms with van der Waals surface area (Å²) in [5, 5.41) is 0. The quantitative estimate of drug-likeness (QED) is 0.718. The summed E-state index contributed by atoms with van der Waals surface area (Å²) in [4.78, 5) is 26.6. The molecule has 0 radical (unpaired) electrons. The number of alkyl halides is 1. The van der Waals surface area contributed by atoms with E-state index in [0.717, 1.165) is 0 Å². The van der Waals surface area contributed by atoms with Gasteiger partial charge in [0.25, 0.3) is 0 Å². The number of nitrogens with zero attached hydrogens (tertiary/aromatic N) is 2. The molecule has 17 heavy (non-hydrogen) atoms. The monoisotopic (exact) mass is 262 g/mol. The van der Waals surface area contributed by atoms with Crippen LogP contribution in [0.25, 0.3) is 0 Å². The lowest BCUT2D eigenvalue weighted by molar-refractivity contribution is -0.136. The summed E-state index contributed by atoms with van der Waals surface area (Å²) in [7, 11) is 0. The maximum absolute atomic E-state index is 11.7. The van der Waals surface area contributed by atoms with Crippen LogP contribution >= 0.6 is 11.6 Å². The molecule has 0 bridgehead atoms. The third-order valence-corrected chi connectivity index (χ3v) is 2.80. The Balaban J connectivity index is 2.35. The summed E-state index contributed by atoms with van der Waals surface area (Å²) in [5.41, 5.74) is 0. The SMILES string of the molecule is CC(C)C(=O)N1CCN(C(=O)OCCCl)CC1. The van der Waals surface area contributed by atoms with Crippen LogP contribution in [0.2, 0.25) is 0 Å². The fraction of sp³-hybridized carbons (Fsp3) is 0.818. The van der Waals surface area contributed by atoms with Gasteiger partial charge in [0.2, 0.25) is 5.91 Å². The van der Waals surface area contributed by atoms with Gasteiger partial charge in [0.05, 0.1) is 5.88 Å². The standard InChI is InChI=1S/C11H19ClN2O3/c1-9(2)10(15)13-4-6-14(7-5-13)11(16)17-8-3-12/h9H,3-8H2,1-2H3. The minimum atomic E-state index is -0.345. The van der Waals surface area contributed by atoms with Crippen molar-refractivity contribution in [2.75, 3.05) is 38.7 Å². The third kappa shape index (κ3) is 4.07. The molecular formula is C11H19ClN2O3. The molecular weight excluding hydrogens is 244 g/mol. The lowest BCUT2D eigenvalue weighted by Gasteiger charge is -2.34. The van der Waals surface area contributed by atoms with Crippen molar-refractivity contribution in [1.82, 2.24) is 9.80 Å². The zero-order valence-electron chi connectivity index (χ0n) is 10.3. The molecule has 1 saturated heterocycles. The number of carbonyl (C=O) groups is 2. The van der Waals surface area contributed by atoms with E-state index < -0.39 is 0 Å². The second-order valence-electron chi connectivity index (χ2n) is 4.27. The molecule has 2 amide bonds. The van der Waals surface area contributed by atoms with E-state index in [9.17, 15) is 9.59 Å². The Hall–Kier alpha value is -0.970. The van der Waals surface area contributed by atoms with Gasteiger partial charge in [-0.15, -0.1) is 11.6 Å². The fourth-order valence-electron chi connectivity index (χ4n) is 1.69. The molecule has 0 atom stereocenters. The summed E-state index contributed by atoms with van der Waals surface area (Å²) in [5.74, 6) is 0.445. The van der Waals surface area contributed by atoms with Gasteiger partial charge < -0.3 is 14.5 Å². The molecule has 0 saturated carbocycles. The Kier molecular flexibility index (Phi) is 5.55. The molecule has 0 unspecified atom stereocenters. The van der Waals surface area contributed by atoms with E-state index in [1.54, 1.807) is 9.80 Å². The third-order valence-electron chi connectivity index (χ3n) is 2.65. The molecule has 5 nitrogen and oxygen atoms in total. The molecule has 0 aromatic heterocycles. The average Bonchev–Trinajstić information content (AvgIpc) is 2.35. The second-order valence-corrected chi connectivity index (χ2v) is 4.65. The van der Waals surface area contributed by atoms with Gasteiger partial charge in [-0.2, -0.15) is 0 Å². The molecule has 1 aliphatic heterocycles. The van der Waals surface area contributed by atoms with Crippen LogP contribution in [0.15, 0.2) is 0 Å². The van der Waals surface area contributed by atoms with E-state index in [2.05, 4.69) is 0 Å². The Bertz CT molecular complexity index is 276. The minimum Gasteiger partial charge on any atom is -0.448 e. The zero-order valence-corrected chi connectivity index (χ0v) is 11.1. The van der Waals surface area contributed by atoms with Crippen molar-refractivity contribution in [3.05, 3.63) is 0 Å². The highest BCUT2D eigenvalue weighted by atomic mass is 35.5. The minimum absolute atomic E-state index is 0.00440. The van der Waals surface area contributed by atoms with Gasteiger partial charge in [-0.1, -0.05) is 13.8 Å². The molecule has 0 N–H and O–H groups in total. The summed E-state index contributed by atoms with van der Waals surface area (Å²) < 4.78 is 4.93. The summed E-state index contributed by atoms with van der Waals surface area (Å²) >= 11 is 5.44. The molecule has 0 aromatic rings. The maximum atomic E-state index is 11.7. The first-order chi connectivity index (χ1) is 8.06. The van der Waals surface area contributed by atoms with Crippen LogP contribution < -0.4 is 0 Å². The normalized spacial score (nSPS) is 16.2. The van der Waals surface area contributed by atoms with Crippen molar-refractivity contribution >= 4 is 23.6 Å². The number of halogens is 1. The predicted molar refractivity (Wildman–Crippen MR) is 65.1 cm³/mol. The Morgan fingerprint density at radius 1 is 1.18 bits per heavy atom. The van der Waals surface area contributed by atoms with Crippen LogP contribution in [-0.4, -0.2) is 60.5 Å². The molecule has 0 spiro atoms. The van der Waals surface area contributed by atoms with E-state index in [1.807, 2.05) is 13.8 Å². The van der Waals surface area contributed by atoms with Gasteiger partial charge in [-0.3, -0.25) is 4.79 Å². The van der Waals surface area contributed by atoms with Gasteiger partial charge in [0.1, 0.15) is 6.61 Å². The first kappa shape index (κ1) is 14.1. The van der Waals surface area contributed by atoms with Crippen molar-refractivity contribution in [2.45, 2.75) is 13.8 Å². The summed E-state index contributed by atoms with van der Waals surface area (Å²) in [6.07, 6.45) is -0.345. The van der Waals surface area contributed by atoms with Crippen molar-refractivity contribution in [3.8, 4) is 0 Å². The van der Waals surface area contributed by atoms with Crippen molar-refractivity contribution in [2.24, 2.45) is 5.92 Å². The van der Waals surface area contributed by atoms with E-state index in [-0.39, 0.29) is 24.5 Å². The van der Waals surface area contributed by atoms with Gasteiger partial charge in [0.15, 0.2) is 0 Å². The van der Waals surface area contributed by atoms with Crippen LogP contribution in [0.5, 0.6) is 0 Å². The van der Waals surface area contributed by atoms with Gasteiger partial charge in [-0.05, 0) is 0 Å². The van der Waals surface area contributed by atoms with Crippen LogP contribution in [0.4, 0.5) is 4.79 Å². The maximum Gasteiger partial charge on any atom is 0.409 e. The number of hydrogen-bond donors (Lipinski definition) is 0. The topological polar surface area (TPSA) is 49.9 Å². The highest BCUT2D eigenvalue weighted by molar-refractivity contribution is 6.18. The number of piperazine rings is 1. The van der Waals surface area contributed by atoms with Gasteiger partial charge >= 0.3 is 6.09 Å². The number of hydrogen-bond acceptors (Lipinski definition) is 3. The number of ether oxygens (including phenoxy) is 1. The Labute approximate surface area is 107 Å². The fourth-order valence-corrected chi connectivity index (χ4v) is 1.77. The Morgan fingerprint density at radius 2 is 1.71 bits per heavy atom. The predicted octanol–water partition coefficient (Wildman–Crippen LogP) is 1.16.